The number of rotatable bonds is 32. The lowest BCUT2D eigenvalue weighted by molar-refractivity contribution is -0.132. The van der Waals surface area contributed by atoms with Crippen molar-refractivity contribution in [2.75, 3.05) is 6.61 Å². The van der Waals surface area contributed by atoms with Crippen LogP contribution in [0.25, 0.3) is 0 Å². The molecule has 0 aliphatic rings. The molecular formula is C36H71NO5. The van der Waals surface area contributed by atoms with Crippen molar-refractivity contribution in [1.29, 1.82) is 0 Å². The number of hydrogen-bond donors (Lipinski definition) is 5. The molecule has 0 spiro atoms. The number of aliphatic hydroxyl groups is 4. The van der Waals surface area contributed by atoms with Gasteiger partial charge in [0.15, 0.2) is 0 Å². The SMILES string of the molecule is CCCC/C=C/CCCC(O)C(O)C(CO)NC(=O)C(O)CCCCCCCCCCCCCCCCCCCCC. The van der Waals surface area contributed by atoms with E-state index in [2.05, 4.69) is 31.3 Å². The van der Waals surface area contributed by atoms with Gasteiger partial charge in [-0.25, -0.2) is 0 Å². The van der Waals surface area contributed by atoms with Crippen molar-refractivity contribution in [3.8, 4) is 0 Å². The summed E-state index contributed by atoms with van der Waals surface area (Å²) in [5, 5.41) is 43.1. The molecule has 4 unspecified atom stereocenters. The number of hydrogen-bond acceptors (Lipinski definition) is 5. The molecule has 0 aromatic carbocycles. The third-order valence-electron chi connectivity index (χ3n) is 8.48. The fourth-order valence-electron chi connectivity index (χ4n) is 5.51. The molecule has 6 heteroatoms. The second kappa shape index (κ2) is 31.5. The minimum absolute atomic E-state index is 0.367. The summed E-state index contributed by atoms with van der Waals surface area (Å²) < 4.78 is 0. The zero-order chi connectivity index (χ0) is 31.1. The summed E-state index contributed by atoms with van der Waals surface area (Å²) in [6.45, 7) is 3.94. The van der Waals surface area contributed by atoms with Crippen LogP contribution in [0.1, 0.15) is 181 Å². The standard InChI is InChI=1S/C36H71NO5/c1-3-5-7-9-11-12-13-14-15-16-17-18-19-20-21-22-24-26-28-30-34(40)36(42)37-32(31-38)35(41)33(39)29-27-25-23-10-8-6-4-2/h10,23,32-35,38-41H,3-9,11-22,24-31H2,1-2H3,(H,37,42)/b23-10+. The highest BCUT2D eigenvalue weighted by Crippen LogP contribution is 2.15. The van der Waals surface area contributed by atoms with Crippen LogP contribution in [0, 0.1) is 0 Å². The van der Waals surface area contributed by atoms with E-state index in [0.717, 1.165) is 44.9 Å². The molecule has 4 atom stereocenters. The largest absolute Gasteiger partial charge is 0.394 e. The summed E-state index contributed by atoms with van der Waals surface area (Å²) in [4.78, 5) is 12.4. The van der Waals surface area contributed by atoms with Crippen molar-refractivity contribution in [2.45, 2.75) is 205 Å². The number of nitrogens with one attached hydrogen (secondary N) is 1. The molecular weight excluding hydrogens is 526 g/mol. The van der Waals surface area contributed by atoms with E-state index in [4.69, 9.17) is 0 Å². The Hall–Kier alpha value is -0.950. The first kappa shape index (κ1) is 41.0. The summed E-state index contributed by atoms with van der Waals surface area (Å²) in [5.74, 6) is -0.596. The van der Waals surface area contributed by atoms with Crippen LogP contribution in [0.4, 0.5) is 0 Å². The van der Waals surface area contributed by atoms with E-state index in [0.29, 0.717) is 12.8 Å². The number of carbonyl (C=O) groups excluding carboxylic acids is 1. The van der Waals surface area contributed by atoms with Crippen molar-refractivity contribution >= 4 is 5.91 Å². The Labute approximate surface area is 260 Å². The van der Waals surface area contributed by atoms with Crippen LogP contribution in [0.15, 0.2) is 12.2 Å². The topological polar surface area (TPSA) is 110 Å². The Morgan fingerprint density at radius 2 is 0.976 bits per heavy atom. The second-order valence-electron chi connectivity index (χ2n) is 12.6. The molecule has 0 radical (unpaired) electrons. The molecule has 0 saturated carbocycles. The van der Waals surface area contributed by atoms with Crippen molar-refractivity contribution in [1.82, 2.24) is 5.32 Å². The number of aliphatic hydroxyl groups excluding tert-OH is 4. The van der Waals surface area contributed by atoms with Gasteiger partial charge in [-0.05, 0) is 32.1 Å². The smallest absolute Gasteiger partial charge is 0.249 e. The normalized spacial score (nSPS) is 14.7. The van der Waals surface area contributed by atoms with Gasteiger partial charge in [0.25, 0.3) is 0 Å². The maximum absolute atomic E-state index is 12.4. The summed E-state index contributed by atoms with van der Waals surface area (Å²) in [6.07, 6.45) is 31.2. The first-order valence-electron chi connectivity index (χ1n) is 18.1. The molecule has 0 aliphatic heterocycles. The zero-order valence-corrected chi connectivity index (χ0v) is 27.8. The molecule has 5 N–H and O–H groups in total. The van der Waals surface area contributed by atoms with Crippen molar-refractivity contribution in [3.05, 3.63) is 12.2 Å². The Kier molecular flexibility index (Phi) is 30.8. The third kappa shape index (κ3) is 25.5. The molecule has 0 aromatic rings. The van der Waals surface area contributed by atoms with E-state index in [1.807, 2.05) is 0 Å². The lowest BCUT2D eigenvalue weighted by Crippen LogP contribution is -2.53. The van der Waals surface area contributed by atoms with Crippen molar-refractivity contribution < 1.29 is 25.2 Å². The first-order valence-corrected chi connectivity index (χ1v) is 18.1. The number of unbranched alkanes of at least 4 members (excludes halogenated alkanes) is 21. The predicted molar refractivity (Wildman–Crippen MR) is 178 cm³/mol. The fraction of sp³-hybridized carbons (Fsp3) is 0.917. The van der Waals surface area contributed by atoms with Crippen LogP contribution >= 0.6 is 0 Å². The first-order chi connectivity index (χ1) is 20.5. The quantitative estimate of drug-likeness (QED) is 0.0396. The molecule has 0 bridgehead atoms. The maximum Gasteiger partial charge on any atom is 0.249 e. The molecule has 0 aliphatic carbocycles. The highest BCUT2D eigenvalue weighted by atomic mass is 16.3. The van der Waals surface area contributed by atoms with Crippen LogP contribution in [-0.2, 0) is 4.79 Å². The lowest BCUT2D eigenvalue weighted by Gasteiger charge is -2.27. The fourth-order valence-corrected chi connectivity index (χ4v) is 5.51. The molecule has 0 aromatic heterocycles. The average Bonchev–Trinajstić information content (AvgIpc) is 2.99. The Balaban J connectivity index is 3.71. The van der Waals surface area contributed by atoms with Gasteiger partial charge >= 0.3 is 0 Å². The predicted octanol–water partition coefficient (Wildman–Crippen LogP) is 8.28. The highest BCUT2D eigenvalue weighted by molar-refractivity contribution is 5.80. The minimum atomic E-state index is -1.27. The van der Waals surface area contributed by atoms with E-state index in [1.54, 1.807) is 0 Å². The minimum Gasteiger partial charge on any atom is -0.394 e. The molecule has 1 amide bonds. The van der Waals surface area contributed by atoms with Crippen LogP contribution in [0.5, 0.6) is 0 Å². The van der Waals surface area contributed by atoms with Gasteiger partial charge in [-0.3, -0.25) is 4.79 Å². The van der Waals surface area contributed by atoms with Crippen LogP contribution in [0.3, 0.4) is 0 Å². The van der Waals surface area contributed by atoms with E-state index >= 15 is 0 Å². The van der Waals surface area contributed by atoms with Gasteiger partial charge in [0, 0.05) is 0 Å². The van der Waals surface area contributed by atoms with Crippen LogP contribution in [-0.4, -0.2) is 57.3 Å². The molecule has 6 nitrogen and oxygen atoms in total. The molecule has 250 valence electrons. The van der Waals surface area contributed by atoms with Gasteiger partial charge in [0.1, 0.15) is 12.2 Å². The summed E-state index contributed by atoms with van der Waals surface area (Å²) in [7, 11) is 0. The van der Waals surface area contributed by atoms with Crippen LogP contribution < -0.4 is 5.32 Å². The zero-order valence-electron chi connectivity index (χ0n) is 27.8. The van der Waals surface area contributed by atoms with Gasteiger partial charge < -0.3 is 25.7 Å². The second-order valence-corrected chi connectivity index (χ2v) is 12.6. The lowest BCUT2D eigenvalue weighted by atomic mass is 10.00. The van der Waals surface area contributed by atoms with Gasteiger partial charge in [-0.15, -0.1) is 0 Å². The Morgan fingerprint density at radius 1 is 0.571 bits per heavy atom. The molecule has 42 heavy (non-hydrogen) atoms. The highest BCUT2D eigenvalue weighted by Gasteiger charge is 2.28. The molecule has 0 fully saturated rings. The summed E-state index contributed by atoms with van der Waals surface area (Å²) in [6, 6.07) is -0.993. The van der Waals surface area contributed by atoms with E-state index in [9.17, 15) is 25.2 Å². The number of allylic oxidation sites excluding steroid dienone is 2. The van der Waals surface area contributed by atoms with Gasteiger partial charge in [0.05, 0.1) is 18.8 Å². The van der Waals surface area contributed by atoms with E-state index in [-0.39, 0.29) is 0 Å². The number of amides is 1. The van der Waals surface area contributed by atoms with E-state index in [1.165, 1.54) is 109 Å². The third-order valence-corrected chi connectivity index (χ3v) is 8.48. The van der Waals surface area contributed by atoms with Gasteiger partial charge in [0.2, 0.25) is 5.91 Å². The van der Waals surface area contributed by atoms with Gasteiger partial charge in [-0.1, -0.05) is 161 Å². The summed E-state index contributed by atoms with van der Waals surface area (Å²) in [5.41, 5.74) is 0. The monoisotopic (exact) mass is 598 g/mol. The van der Waals surface area contributed by atoms with Gasteiger partial charge in [-0.2, -0.15) is 0 Å². The number of carbonyl (C=O) groups is 1. The maximum atomic E-state index is 12.4. The van der Waals surface area contributed by atoms with Crippen LogP contribution in [0.2, 0.25) is 0 Å². The molecule has 0 saturated heterocycles. The molecule has 0 heterocycles. The Bertz CT molecular complexity index is 599. The van der Waals surface area contributed by atoms with Crippen molar-refractivity contribution in [3.63, 3.8) is 0 Å². The van der Waals surface area contributed by atoms with E-state index < -0.39 is 36.9 Å². The molecule has 0 rings (SSSR count). The van der Waals surface area contributed by atoms with Crippen molar-refractivity contribution in [2.24, 2.45) is 0 Å². The Morgan fingerprint density at radius 3 is 1.40 bits per heavy atom. The average molecular weight is 598 g/mol. The summed E-state index contributed by atoms with van der Waals surface area (Å²) >= 11 is 0.